The Hall–Kier alpha value is -6.43. The van der Waals surface area contributed by atoms with Crippen molar-refractivity contribution in [3.8, 4) is 22.9 Å². The van der Waals surface area contributed by atoms with Crippen LogP contribution in [0.1, 0.15) is 0 Å². The van der Waals surface area contributed by atoms with Crippen LogP contribution >= 0.6 is 11.8 Å². The van der Waals surface area contributed by atoms with Crippen molar-refractivity contribution >= 4 is 87.8 Å². The predicted molar refractivity (Wildman–Crippen MR) is 213 cm³/mol. The van der Waals surface area contributed by atoms with E-state index in [2.05, 4.69) is 167 Å². The summed E-state index contributed by atoms with van der Waals surface area (Å²) < 4.78 is 4.73. The first-order chi connectivity index (χ1) is 25.3. The quantitative estimate of drug-likeness (QED) is 0.172. The first-order valence-electron chi connectivity index (χ1n) is 17.3. The van der Waals surface area contributed by atoms with Crippen LogP contribution in [0.5, 0.6) is 0 Å². The summed E-state index contributed by atoms with van der Waals surface area (Å²) in [6.45, 7) is 0. The number of fused-ring (bicyclic) bond motifs is 13. The summed E-state index contributed by atoms with van der Waals surface area (Å²) in [5.74, 6) is 0.682. The Kier molecular flexibility index (Phi) is 5.41. The first kappa shape index (κ1) is 27.4. The number of aromatic nitrogens is 4. The van der Waals surface area contributed by atoms with Crippen LogP contribution in [-0.4, -0.2) is 19.1 Å². The average molecular weight is 667 g/mol. The standard InChI is InChI=1S/C46H26N4S/c1-2-12-28(13-3-1)49-37-25-23-30-29-14-5-4-11-27(29)21-22-31(30)41(37)34-24-26-38-42(45(34)49)32-15-6-8-18-36(32)50(38)46-47-35-17-10-20-40-43(35)44(48-46)33-16-7-9-19-39(33)51-40/h1-26H. The summed E-state index contributed by atoms with van der Waals surface area (Å²) in [6, 6.07) is 57.0. The lowest BCUT2D eigenvalue weighted by atomic mass is 9.98. The minimum atomic E-state index is 0.682. The average Bonchev–Trinajstić information content (AvgIpc) is 3.71. The normalized spacial score (nSPS) is 12.6. The highest BCUT2D eigenvalue weighted by Gasteiger charge is 2.26. The van der Waals surface area contributed by atoms with E-state index in [0.29, 0.717) is 5.95 Å². The molecule has 0 N–H and O–H groups in total. The second-order valence-electron chi connectivity index (χ2n) is 13.3. The molecule has 3 aromatic heterocycles. The number of hydrogen-bond acceptors (Lipinski definition) is 3. The minimum absolute atomic E-state index is 0.682. The topological polar surface area (TPSA) is 35.6 Å². The number of nitrogens with zero attached hydrogens (tertiary/aromatic N) is 4. The van der Waals surface area contributed by atoms with Gasteiger partial charge in [-0.1, -0.05) is 121 Å². The van der Waals surface area contributed by atoms with Crippen LogP contribution in [0, 0.1) is 0 Å². The van der Waals surface area contributed by atoms with Crippen LogP contribution in [0.4, 0.5) is 0 Å². The van der Waals surface area contributed by atoms with E-state index in [0.717, 1.165) is 38.9 Å². The molecule has 236 valence electrons. The zero-order valence-electron chi connectivity index (χ0n) is 27.2. The van der Waals surface area contributed by atoms with Gasteiger partial charge in [-0.25, -0.2) is 9.97 Å². The van der Waals surface area contributed by atoms with Gasteiger partial charge in [0, 0.05) is 48.0 Å². The summed E-state index contributed by atoms with van der Waals surface area (Å²) in [6.07, 6.45) is 0. The highest BCUT2D eigenvalue weighted by Crippen LogP contribution is 2.48. The monoisotopic (exact) mass is 666 g/mol. The highest BCUT2D eigenvalue weighted by molar-refractivity contribution is 7.99. The number of rotatable bonds is 2. The molecular weight excluding hydrogens is 641 g/mol. The molecule has 11 aromatic rings. The van der Waals surface area contributed by atoms with Crippen molar-refractivity contribution in [1.82, 2.24) is 19.1 Å². The van der Waals surface area contributed by atoms with Gasteiger partial charge < -0.3 is 4.57 Å². The van der Waals surface area contributed by atoms with Gasteiger partial charge >= 0.3 is 0 Å². The fourth-order valence-electron chi connectivity index (χ4n) is 8.59. The van der Waals surface area contributed by atoms with E-state index in [1.807, 2.05) is 0 Å². The molecule has 0 saturated heterocycles. The molecule has 0 spiro atoms. The molecule has 0 bridgehead atoms. The van der Waals surface area contributed by atoms with Crippen molar-refractivity contribution in [3.05, 3.63) is 158 Å². The van der Waals surface area contributed by atoms with Crippen molar-refractivity contribution in [3.63, 3.8) is 0 Å². The molecule has 4 heterocycles. The molecule has 0 fully saturated rings. The molecule has 0 amide bonds. The van der Waals surface area contributed by atoms with Crippen LogP contribution < -0.4 is 0 Å². The number of para-hydroxylation sites is 2. The van der Waals surface area contributed by atoms with Gasteiger partial charge in [-0.3, -0.25) is 4.57 Å². The van der Waals surface area contributed by atoms with Gasteiger partial charge in [-0.05, 0) is 70.1 Å². The minimum Gasteiger partial charge on any atom is -0.309 e. The molecule has 5 heteroatoms. The van der Waals surface area contributed by atoms with E-state index >= 15 is 0 Å². The summed E-state index contributed by atoms with van der Waals surface area (Å²) in [5, 5.41) is 11.1. The summed E-state index contributed by atoms with van der Waals surface area (Å²) in [4.78, 5) is 13.1. The second-order valence-corrected chi connectivity index (χ2v) is 14.4. The third kappa shape index (κ3) is 3.65. The highest BCUT2D eigenvalue weighted by atomic mass is 32.2. The molecule has 0 radical (unpaired) electrons. The van der Waals surface area contributed by atoms with E-state index in [1.54, 1.807) is 11.8 Å². The van der Waals surface area contributed by atoms with Crippen LogP contribution in [-0.2, 0) is 0 Å². The van der Waals surface area contributed by atoms with Gasteiger partial charge in [0.1, 0.15) is 0 Å². The van der Waals surface area contributed by atoms with Crippen molar-refractivity contribution in [2.75, 3.05) is 0 Å². The maximum Gasteiger partial charge on any atom is 0.235 e. The molecule has 0 saturated carbocycles. The second kappa shape index (κ2) is 10.1. The Balaban J connectivity index is 1.26. The predicted octanol–water partition coefficient (Wildman–Crippen LogP) is 12.3. The van der Waals surface area contributed by atoms with E-state index in [-0.39, 0.29) is 0 Å². The van der Waals surface area contributed by atoms with Crippen LogP contribution in [0.2, 0.25) is 0 Å². The Morgan fingerprint density at radius 2 is 1.14 bits per heavy atom. The Labute approximate surface area is 296 Å². The largest absolute Gasteiger partial charge is 0.309 e. The maximum atomic E-state index is 5.42. The number of hydrogen-bond donors (Lipinski definition) is 0. The fraction of sp³-hybridized carbons (Fsp3) is 0. The van der Waals surface area contributed by atoms with Crippen LogP contribution in [0.15, 0.2) is 168 Å². The lowest BCUT2D eigenvalue weighted by molar-refractivity contribution is 1.01. The van der Waals surface area contributed by atoms with Gasteiger partial charge in [-0.2, -0.15) is 0 Å². The SMILES string of the molecule is c1ccc(-n2c3ccc4c5ccccc5ccc4c3c3ccc4c(c5ccccc5n4-c4nc5c6c(cccc6n4)Sc4ccccc4-5)c32)cc1. The molecule has 1 aliphatic rings. The Bertz CT molecular complexity index is 3280. The molecule has 4 nitrogen and oxygen atoms in total. The lowest BCUT2D eigenvalue weighted by Crippen LogP contribution is -2.05. The Morgan fingerprint density at radius 3 is 2.06 bits per heavy atom. The molecule has 8 aromatic carbocycles. The van der Waals surface area contributed by atoms with E-state index in [1.165, 1.54) is 63.9 Å². The van der Waals surface area contributed by atoms with Crippen LogP contribution in [0.25, 0.3) is 99.0 Å². The Morgan fingerprint density at radius 1 is 0.412 bits per heavy atom. The lowest BCUT2D eigenvalue weighted by Gasteiger charge is -2.20. The molecule has 0 aliphatic carbocycles. The van der Waals surface area contributed by atoms with Crippen molar-refractivity contribution in [1.29, 1.82) is 0 Å². The number of benzene rings is 8. The van der Waals surface area contributed by atoms with Crippen molar-refractivity contribution in [2.45, 2.75) is 9.79 Å². The zero-order chi connectivity index (χ0) is 33.2. The smallest absolute Gasteiger partial charge is 0.235 e. The van der Waals surface area contributed by atoms with Gasteiger partial charge in [0.15, 0.2) is 0 Å². The van der Waals surface area contributed by atoms with E-state index in [4.69, 9.17) is 9.97 Å². The van der Waals surface area contributed by atoms with Crippen LogP contribution in [0.3, 0.4) is 0 Å². The summed E-state index contributed by atoms with van der Waals surface area (Å²) in [5.41, 5.74) is 8.78. The van der Waals surface area contributed by atoms with Gasteiger partial charge in [0.05, 0.1) is 33.3 Å². The molecule has 0 unspecified atom stereocenters. The molecule has 0 atom stereocenters. The molecule has 51 heavy (non-hydrogen) atoms. The van der Waals surface area contributed by atoms with Crippen molar-refractivity contribution < 1.29 is 0 Å². The van der Waals surface area contributed by atoms with E-state index in [9.17, 15) is 0 Å². The van der Waals surface area contributed by atoms with Gasteiger partial charge in [0.25, 0.3) is 0 Å². The summed E-state index contributed by atoms with van der Waals surface area (Å²) >= 11 is 1.80. The first-order valence-corrected chi connectivity index (χ1v) is 18.1. The molecular formula is C46H26N4S. The summed E-state index contributed by atoms with van der Waals surface area (Å²) in [7, 11) is 0. The maximum absolute atomic E-state index is 5.42. The van der Waals surface area contributed by atoms with Crippen molar-refractivity contribution in [2.24, 2.45) is 0 Å². The molecule has 12 rings (SSSR count). The van der Waals surface area contributed by atoms with Gasteiger partial charge in [0.2, 0.25) is 5.95 Å². The third-order valence-corrected chi connectivity index (χ3v) is 11.8. The van der Waals surface area contributed by atoms with E-state index < -0.39 is 0 Å². The third-order valence-electron chi connectivity index (χ3n) is 10.7. The molecule has 1 aliphatic heterocycles. The fourth-order valence-corrected chi connectivity index (χ4v) is 9.70. The zero-order valence-corrected chi connectivity index (χ0v) is 28.0. The van der Waals surface area contributed by atoms with Gasteiger partial charge in [-0.15, -0.1) is 0 Å².